The fourth-order valence-electron chi connectivity index (χ4n) is 1.01. The van der Waals surface area contributed by atoms with Crippen LogP contribution in [0.25, 0.3) is 0 Å². The summed E-state index contributed by atoms with van der Waals surface area (Å²) in [6.07, 6.45) is 0. The molecular weight excluding hydrogens is 183 g/mol. The van der Waals surface area contributed by atoms with Gasteiger partial charge < -0.3 is 18.9 Å². The van der Waals surface area contributed by atoms with E-state index in [0.29, 0.717) is 0 Å². The summed E-state index contributed by atoms with van der Waals surface area (Å²) in [5.41, 5.74) is 0. The van der Waals surface area contributed by atoms with Crippen LogP contribution in [0.3, 0.4) is 0 Å². The smallest absolute Gasteiger partial charge is 0.422 e. The molecule has 0 aromatic heterocycles. The molecule has 0 radical (unpaired) electrons. The molecule has 13 heavy (non-hydrogen) atoms. The van der Waals surface area contributed by atoms with Crippen LogP contribution in [0.15, 0.2) is 0 Å². The van der Waals surface area contributed by atoms with Gasteiger partial charge in [0.2, 0.25) is 52.9 Å². The molecule has 1 aliphatic heterocycles. The van der Waals surface area contributed by atoms with E-state index >= 15 is 0 Å². The summed E-state index contributed by atoms with van der Waals surface area (Å²) in [7, 11) is 0. The molecule has 1 fully saturated rings. The first-order valence-electron chi connectivity index (χ1n) is 4.53. The Kier molecular flexibility index (Phi) is 11.6. The van der Waals surface area contributed by atoms with Gasteiger partial charge in [0.15, 0.2) is 0 Å². The van der Waals surface area contributed by atoms with Crippen LogP contribution in [-0.4, -0.2) is 71.8 Å². The van der Waals surface area contributed by atoms with Crippen LogP contribution < -0.4 is 29.6 Å². The predicted octanol–water partition coefficient (Wildman–Crippen LogP) is -4.88. The molecule has 0 aliphatic carbocycles. The molecule has 0 atom stereocenters. The number of hydrogen-bond acceptors (Lipinski definition) is 0. The second kappa shape index (κ2) is 10.9. The third-order valence-corrected chi connectivity index (χ3v) is 1.66. The van der Waals surface area contributed by atoms with E-state index in [2.05, 4.69) is 18.9 Å². The van der Waals surface area contributed by atoms with Crippen molar-refractivity contribution >= 4 is 0 Å². The first kappa shape index (κ1) is 13.8. The molecule has 0 aromatic rings. The zero-order chi connectivity index (χ0) is 8.49. The first-order chi connectivity index (χ1) is 6.00. The molecule has 0 amide bonds. The van der Waals surface area contributed by atoms with Crippen molar-refractivity contribution in [2.45, 2.75) is 0 Å². The minimum Gasteiger partial charge on any atom is -0.422 e. The molecule has 0 aromatic carbocycles. The Hall–Kier alpha value is 0.840. The van der Waals surface area contributed by atoms with Crippen molar-refractivity contribution in [1.29, 1.82) is 0 Å². The Morgan fingerprint density at radius 2 is 0.538 bits per heavy atom. The Bertz CT molecular complexity index is 59.1. The second-order valence-corrected chi connectivity index (χ2v) is 2.68. The van der Waals surface area contributed by atoms with E-state index in [1.807, 2.05) is 0 Å². The zero-order valence-electron chi connectivity index (χ0n) is 8.45. The van der Waals surface area contributed by atoms with E-state index in [4.69, 9.17) is 0 Å². The summed E-state index contributed by atoms with van der Waals surface area (Å²) in [4.78, 5) is 0. The van der Waals surface area contributed by atoms with Gasteiger partial charge in [-0.3, -0.25) is 0 Å². The molecule has 0 bridgehead atoms. The van der Waals surface area contributed by atoms with Crippen molar-refractivity contribution in [3.63, 3.8) is 0 Å². The SMILES string of the molecule is C1C[OH+]CC[OH+]CC[OH+]CC[OH+]1.[Na+]. The van der Waals surface area contributed by atoms with Crippen molar-refractivity contribution in [1.82, 2.24) is 0 Å². The van der Waals surface area contributed by atoms with Gasteiger partial charge in [-0.25, -0.2) is 0 Å². The maximum atomic E-state index is 4.29. The van der Waals surface area contributed by atoms with Crippen molar-refractivity contribution in [2.24, 2.45) is 0 Å². The Labute approximate surface area is 101 Å². The Morgan fingerprint density at radius 3 is 0.692 bits per heavy atom. The maximum Gasteiger partial charge on any atom is 1.00 e. The normalized spacial score (nSPS) is 22.2. The van der Waals surface area contributed by atoms with Gasteiger partial charge in [-0.1, -0.05) is 0 Å². The van der Waals surface area contributed by atoms with Gasteiger partial charge in [0.25, 0.3) is 0 Å². The third kappa shape index (κ3) is 9.15. The van der Waals surface area contributed by atoms with Crippen molar-refractivity contribution < 1.29 is 48.5 Å². The van der Waals surface area contributed by atoms with Gasteiger partial charge in [0, 0.05) is 0 Å². The minimum atomic E-state index is 0. The van der Waals surface area contributed by atoms with Gasteiger partial charge in [-0.2, -0.15) is 0 Å². The molecular formula is C8H20NaO4+5. The molecule has 1 aliphatic rings. The predicted molar refractivity (Wildman–Crippen MR) is 47.8 cm³/mol. The molecule has 0 saturated carbocycles. The van der Waals surface area contributed by atoms with Gasteiger partial charge in [0.05, 0.1) is 0 Å². The quantitative estimate of drug-likeness (QED) is 0.280. The van der Waals surface area contributed by atoms with Crippen molar-refractivity contribution in [3.05, 3.63) is 0 Å². The van der Waals surface area contributed by atoms with E-state index in [1.54, 1.807) is 0 Å². The van der Waals surface area contributed by atoms with Gasteiger partial charge in [-0.15, -0.1) is 0 Å². The average molecular weight is 203 g/mol. The minimum absolute atomic E-state index is 0. The van der Waals surface area contributed by atoms with E-state index in [-0.39, 0.29) is 29.6 Å². The first-order valence-corrected chi connectivity index (χ1v) is 4.53. The molecule has 4 nitrogen and oxygen atoms in total. The summed E-state index contributed by atoms with van der Waals surface area (Å²) < 4.78 is 17.1. The maximum absolute atomic E-state index is 4.29. The summed E-state index contributed by atoms with van der Waals surface area (Å²) in [5.74, 6) is 0. The number of hydrogen-bond donors (Lipinski definition) is 0. The summed E-state index contributed by atoms with van der Waals surface area (Å²) >= 11 is 0. The van der Waals surface area contributed by atoms with Gasteiger partial charge in [-0.05, 0) is 0 Å². The summed E-state index contributed by atoms with van der Waals surface area (Å²) in [6.45, 7) is 6.85. The van der Waals surface area contributed by atoms with Crippen LogP contribution in [0.1, 0.15) is 0 Å². The summed E-state index contributed by atoms with van der Waals surface area (Å²) in [5, 5.41) is 0. The third-order valence-electron chi connectivity index (χ3n) is 1.66. The van der Waals surface area contributed by atoms with Crippen LogP contribution in [0.5, 0.6) is 0 Å². The van der Waals surface area contributed by atoms with Crippen molar-refractivity contribution in [3.8, 4) is 0 Å². The van der Waals surface area contributed by atoms with Crippen LogP contribution >= 0.6 is 0 Å². The van der Waals surface area contributed by atoms with Gasteiger partial charge >= 0.3 is 29.6 Å². The number of aliphatic hydroxyl groups is 8. The van der Waals surface area contributed by atoms with Crippen LogP contribution in [0.2, 0.25) is 0 Å². The number of ether oxygens (including phenoxy) is 4. The van der Waals surface area contributed by atoms with Crippen molar-refractivity contribution in [2.75, 3.05) is 52.9 Å². The van der Waals surface area contributed by atoms with E-state index in [0.717, 1.165) is 52.9 Å². The second-order valence-electron chi connectivity index (χ2n) is 2.68. The molecule has 1 saturated heterocycles. The fourth-order valence-corrected chi connectivity index (χ4v) is 1.01. The summed E-state index contributed by atoms with van der Waals surface area (Å²) in [6, 6.07) is 0. The Morgan fingerprint density at radius 1 is 0.385 bits per heavy atom. The molecule has 4 N–H and O–H groups in total. The molecule has 72 valence electrons. The van der Waals surface area contributed by atoms with E-state index in [1.165, 1.54) is 0 Å². The topological polar surface area (TPSA) is 51.2 Å². The molecule has 0 unspecified atom stereocenters. The molecule has 1 heterocycles. The van der Waals surface area contributed by atoms with Gasteiger partial charge in [0.1, 0.15) is 0 Å². The standard InChI is InChI=1S/C8H16O4.Na/c1-2-10-5-6-12-8-7-11-4-3-9-1;/h1-8H2;/q;+1/p+4. The largest absolute Gasteiger partial charge is 1.00 e. The van der Waals surface area contributed by atoms with E-state index < -0.39 is 0 Å². The zero-order valence-corrected chi connectivity index (χ0v) is 10.4. The van der Waals surface area contributed by atoms with Crippen LogP contribution in [0.4, 0.5) is 0 Å². The molecule has 1 rings (SSSR count). The molecule has 0 spiro atoms. The van der Waals surface area contributed by atoms with Crippen LogP contribution in [-0.2, 0) is 0 Å². The monoisotopic (exact) mass is 203 g/mol. The average Bonchev–Trinajstić information content (AvgIpc) is 2.05. The van der Waals surface area contributed by atoms with E-state index in [9.17, 15) is 0 Å². The molecule has 5 heteroatoms. The fraction of sp³-hybridized carbons (Fsp3) is 1.00. The van der Waals surface area contributed by atoms with Crippen LogP contribution in [0, 0.1) is 0 Å². The Balaban J connectivity index is 0.00000144. The number of rotatable bonds is 0.